The number of benzene rings is 6. The smallest absolute Gasteiger partial charge is 1.00 e. The summed E-state index contributed by atoms with van der Waals surface area (Å²) < 4.78 is 0. The van der Waals surface area contributed by atoms with Gasteiger partial charge in [-0.1, -0.05) is 146 Å². The normalized spacial score (nSPS) is 10.5. The minimum Gasteiger partial charge on any atom is -1.00 e. The molecule has 0 atom stereocenters. The van der Waals surface area contributed by atoms with Crippen LogP contribution in [0.1, 0.15) is 0 Å². The quantitative estimate of drug-likeness (QED) is 0.156. The third kappa shape index (κ3) is 7.61. The van der Waals surface area contributed by atoms with E-state index in [4.69, 9.17) is 0 Å². The molecule has 7 heteroatoms. The van der Waals surface area contributed by atoms with Crippen LogP contribution in [-0.4, -0.2) is 19.9 Å². The molecule has 4 nitrogen and oxygen atoms in total. The van der Waals surface area contributed by atoms with Crippen molar-refractivity contribution in [3.05, 3.63) is 195 Å². The second-order valence-electron chi connectivity index (χ2n) is 12.6. The van der Waals surface area contributed by atoms with Crippen LogP contribution in [0.4, 0.5) is 0 Å². The van der Waals surface area contributed by atoms with Gasteiger partial charge >= 0.3 is 19.5 Å². The first-order valence-corrected chi connectivity index (χ1v) is 17.4. The predicted molar refractivity (Wildman–Crippen MR) is 216 cm³/mol. The van der Waals surface area contributed by atoms with Crippen molar-refractivity contribution in [1.29, 1.82) is 0 Å². The van der Waals surface area contributed by atoms with E-state index >= 15 is 0 Å². The molecule has 0 bridgehead atoms. The Hall–Kier alpha value is -5.84. The minimum absolute atomic E-state index is 0. The molecule has 0 saturated heterocycles. The molecule has 0 unspecified atom stereocenters. The zero-order valence-electron chi connectivity index (χ0n) is 29.4. The fourth-order valence-corrected chi connectivity index (χ4v) is 7.13. The van der Waals surface area contributed by atoms with E-state index in [0.717, 1.165) is 43.6 Å². The number of hydrogen-bond acceptors (Lipinski definition) is 4. The van der Waals surface area contributed by atoms with Crippen LogP contribution in [0.15, 0.2) is 195 Å². The Morgan fingerprint density at radius 1 is 0.236 bits per heavy atom. The van der Waals surface area contributed by atoms with E-state index in [9.17, 15) is 0 Å². The summed E-state index contributed by atoms with van der Waals surface area (Å²) in [5.74, 6) is 0. The van der Waals surface area contributed by atoms with E-state index in [1.807, 2.05) is 49.1 Å². The van der Waals surface area contributed by atoms with Crippen LogP contribution in [0.25, 0.3) is 88.1 Å². The van der Waals surface area contributed by atoms with Gasteiger partial charge < -0.3 is 24.8 Å². The fourth-order valence-electron chi connectivity index (χ4n) is 7.13. The van der Waals surface area contributed by atoms with E-state index in [2.05, 4.69) is 166 Å². The Kier molecular flexibility index (Phi) is 12.4. The average molecular weight is 837 g/mol. The van der Waals surface area contributed by atoms with Crippen LogP contribution < -0.4 is 24.8 Å². The number of nitrogens with zero attached hydrogens (tertiary/aromatic N) is 4. The second kappa shape index (κ2) is 17.5. The molecule has 266 valence electrons. The molecule has 55 heavy (non-hydrogen) atoms. The maximum absolute atomic E-state index is 4.67. The molecule has 0 amide bonds. The van der Waals surface area contributed by atoms with Crippen molar-refractivity contribution in [3.8, 4) is 44.5 Å². The summed E-state index contributed by atoms with van der Waals surface area (Å²) in [5.41, 5.74) is 13.3. The monoisotopic (exact) mass is 836 g/mol. The summed E-state index contributed by atoms with van der Waals surface area (Å²) in [4.78, 5) is 18.7. The van der Waals surface area contributed by atoms with E-state index in [0.29, 0.717) is 0 Å². The third-order valence-corrected chi connectivity index (χ3v) is 9.58. The van der Waals surface area contributed by atoms with Gasteiger partial charge in [0.2, 0.25) is 0 Å². The topological polar surface area (TPSA) is 51.6 Å². The van der Waals surface area contributed by atoms with Crippen molar-refractivity contribution in [1.82, 2.24) is 19.9 Å². The zero-order chi connectivity index (χ0) is 34.7. The summed E-state index contributed by atoms with van der Waals surface area (Å²) in [6.07, 6.45) is 7.50. The molecule has 0 N–H and O–H groups in total. The summed E-state index contributed by atoms with van der Waals surface area (Å²) >= 11 is 0. The van der Waals surface area contributed by atoms with Crippen molar-refractivity contribution in [2.45, 2.75) is 0 Å². The van der Waals surface area contributed by atoms with Gasteiger partial charge in [-0.15, -0.1) is 0 Å². The summed E-state index contributed by atoms with van der Waals surface area (Å²) in [6.45, 7) is 0. The number of rotatable bonds is 4. The number of pyridine rings is 4. The Bertz CT molecular complexity index is 2450. The van der Waals surface area contributed by atoms with Gasteiger partial charge in [-0.2, -0.15) is 0 Å². The van der Waals surface area contributed by atoms with E-state index in [1.165, 1.54) is 44.5 Å². The number of hydrogen-bond donors (Lipinski definition) is 0. The average Bonchev–Trinajstić information content (AvgIpc) is 3.24. The largest absolute Gasteiger partial charge is 2.00 e. The molecule has 10 rings (SSSR count). The molecular formula is C48H32Cl2N4Ru. The van der Waals surface area contributed by atoms with Gasteiger partial charge in [0.25, 0.3) is 0 Å². The van der Waals surface area contributed by atoms with Crippen LogP contribution in [0, 0.1) is 0 Å². The van der Waals surface area contributed by atoms with E-state index in [1.54, 1.807) is 0 Å². The van der Waals surface area contributed by atoms with Crippen molar-refractivity contribution >= 4 is 43.6 Å². The third-order valence-electron chi connectivity index (χ3n) is 9.58. The van der Waals surface area contributed by atoms with Gasteiger partial charge in [-0.05, 0) is 68.8 Å². The van der Waals surface area contributed by atoms with Crippen molar-refractivity contribution < 1.29 is 44.3 Å². The number of fused-ring (bicyclic) bond motifs is 6. The molecule has 0 radical (unpaired) electrons. The Morgan fingerprint density at radius 3 is 0.636 bits per heavy atom. The van der Waals surface area contributed by atoms with E-state index < -0.39 is 0 Å². The first kappa shape index (κ1) is 38.9. The standard InChI is InChI=1S/2C24H16N2.2ClH.Ru/c2*1-3-7-17(8-4-1)19-13-15-25-23-21(19)11-12-22-20(14-16-26-24(22)23)18-9-5-2-6-10-18;;;/h2*1-16H;2*1H;/q;;;;+2/p-2. The SMILES string of the molecule is [Cl-].[Cl-].[Ru+2].c1ccc(-c2ccnc3c2ccc2c(-c4ccccc4)ccnc23)cc1.c1ccc(-c2ccnc3c2ccc2c(-c4ccccc4)ccnc23)cc1. The Morgan fingerprint density at radius 2 is 0.436 bits per heavy atom. The van der Waals surface area contributed by atoms with Gasteiger partial charge in [-0.3, -0.25) is 19.9 Å². The van der Waals surface area contributed by atoms with Gasteiger partial charge in [0.1, 0.15) is 0 Å². The molecule has 0 aliphatic carbocycles. The van der Waals surface area contributed by atoms with Gasteiger partial charge in [0.05, 0.1) is 22.1 Å². The van der Waals surface area contributed by atoms with Crippen LogP contribution in [0.2, 0.25) is 0 Å². The molecular weight excluding hydrogens is 805 g/mol. The molecule has 10 aromatic rings. The first-order chi connectivity index (χ1) is 25.8. The molecule has 4 heterocycles. The van der Waals surface area contributed by atoms with Crippen LogP contribution >= 0.6 is 0 Å². The molecule has 0 aliphatic rings. The number of aromatic nitrogens is 4. The second-order valence-corrected chi connectivity index (χ2v) is 12.6. The van der Waals surface area contributed by atoms with Crippen LogP contribution in [-0.2, 0) is 19.5 Å². The molecule has 4 aromatic heterocycles. The van der Waals surface area contributed by atoms with Crippen molar-refractivity contribution in [2.24, 2.45) is 0 Å². The summed E-state index contributed by atoms with van der Waals surface area (Å²) in [6, 6.07) is 58.7. The molecule has 0 saturated carbocycles. The van der Waals surface area contributed by atoms with Gasteiger partial charge in [0.15, 0.2) is 0 Å². The van der Waals surface area contributed by atoms with Crippen LogP contribution in [0.3, 0.4) is 0 Å². The molecule has 6 aromatic carbocycles. The maximum Gasteiger partial charge on any atom is 2.00 e. The first-order valence-electron chi connectivity index (χ1n) is 17.4. The predicted octanol–water partition coefficient (Wildman–Crippen LogP) is 6.24. The maximum atomic E-state index is 4.67. The fraction of sp³-hybridized carbons (Fsp3) is 0. The summed E-state index contributed by atoms with van der Waals surface area (Å²) in [7, 11) is 0. The van der Waals surface area contributed by atoms with Crippen molar-refractivity contribution in [2.75, 3.05) is 0 Å². The van der Waals surface area contributed by atoms with E-state index in [-0.39, 0.29) is 44.3 Å². The Labute approximate surface area is 345 Å². The van der Waals surface area contributed by atoms with Gasteiger partial charge in [-0.25, -0.2) is 0 Å². The molecule has 0 spiro atoms. The Balaban J connectivity index is 0.000000177. The van der Waals surface area contributed by atoms with Crippen LogP contribution in [0.5, 0.6) is 0 Å². The molecule has 0 fully saturated rings. The minimum atomic E-state index is 0. The molecule has 0 aliphatic heterocycles. The number of halogens is 2. The van der Waals surface area contributed by atoms with Crippen molar-refractivity contribution in [3.63, 3.8) is 0 Å². The van der Waals surface area contributed by atoms with Gasteiger partial charge in [0, 0.05) is 46.3 Å². The zero-order valence-corrected chi connectivity index (χ0v) is 32.6. The summed E-state index contributed by atoms with van der Waals surface area (Å²) in [5, 5.41) is 4.51.